The first-order valence-electron chi connectivity index (χ1n) is 11.3. The van der Waals surface area contributed by atoms with Crippen molar-refractivity contribution in [3.05, 3.63) is 29.3 Å². The van der Waals surface area contributed by atoms with Gasteiger partial charge in [0.25, 0.3) is 0 Å². The molecule has 0 radical (unpaired) electrons. The summed E-state index contributed by atoms with van der Waals surface area (Å²) in [6.45, 7) is 6.21. The maximum atomic E-state index is 12.4. The molecule has 2 saturated heterocycles. The topological polar surface area (TPSA) is 26.8 Å². The van der Waals surface area contributed by atoms with Crippen LogP contribution >= 0.6 is 12.4 Å². The monoisotopic (exact) mass is 459 g/mol. The lowest BCUT2D eigenvalue weighted by atomic mass is 9.93. The highest BCUT2D eigenvalue weighted by molar-refractivity contribution is 5.85. The van der Waals surface area contributed by atoms with Crippen molar-refractivity contribution in [3.63, 3.8) is 0 Å². The Morgan fingerprint density at radius 3 is 2.39 bits per heavy atom. The molecule has 2 heterocycles. The molecule has 3 aliphatic rings. The van der Waals surface area contributed by atoms with Crippen LogP contribution in [0.5, 0.6) is 0 Å². The van der Waals surface area contributed by atoms with Crippen molar-refractivity contribution in [2.75, 3.05) is 50.7 Å². The Balaban J connectivity index is 0.00000272. The second kappa shape index (κ2) is 10.4. The van der Waals surface area contributed by atoms with Crippen molar-refractivity contribution in [3.8, 4) is 0 Å². The fraction of sp³-hybridized carbons (Fsp3) is 0.696. The Kier molecular flexibility index (Phi) is 8.14. The zero-order valence-electron chi connectivity index (χ0n) is 18.0. The maximum Gasteiger partial charge on any atom is 0.397 e. The van der Waals surface area contributed by atoms with Gasteiger partial charge in [0.2, 0.25) is 5.91 Å². The first kappa shape index (κ1) is 24.2. The summed E-state index contributed by atoms with van der Waals surface area (Å²) in [7, 11) is 0. The molecule has 0 saturated carbocycles. The van der Waals surface area contributed by atoms with Crippen LogP contribution in [-0.2, 0) is 17.6 Å². The minimum atomic E-state index is -4.41. The number of fused-ring (bicyclic) bond motifs is 1. The minimum Gasteiger partial charge on any atom is -0.369 e. The molecule has 4 rings (SSSR count). The maximum absolute atomic E-state index is 12.4. The van der Waals surface area contributed by atoms with Crippen LogP contribution in [0.4, 0.5) is 18.9 Å². The average Bonchev–Trinajstić information content (AvgIpc) is 3.21. The molecule has 0 unspecified atom stereocenters. The Labute approximate surface area is 189 Å². The molecule has 8 heteroatoms. The van der Waals surface area contributed by atoms with Gasteiger partial charge in [-0.15, -0.1) is 12.4 Å². The zero-order valence-corrected chi connectivity index (χ0v) is 18.8. The number of hydrogen-bond acceptors (Lipinski definition) is 3. The van der Waals surface area contributed by atoms with Crippen LogP contribution in [0.1, 0.15) is 43.2 Å². The summed E-state index contributed by atoms with van der Waals surface area (Å²) in [4.78, 5) is 18.2. The van der Waals surface area contributed by atoms with E-state index in [0.29, 0.717) is 19.0 Å². The number of anilines is 1. The van der Waals surface area contributed by atoms with Gasteiger partial charge in [0.05, 0.1) is 0 Å². The van der Waals surface area contributed by atoms with Crippen molar-refractivity contribution < 1.29 is 18.0 Å². The van der Waals surface area contributed by atoms with Crippen LogP contribution in [0.25, 0.3) is 0 Å². The van der Waals surface area contributed by atoms with Gasteiger partial charge in [-0.3, -0.25) is 9.69 Å². The molecule has 0 bridgehead atoms. The largest absolute Gasteiger partial charge is 0.397 e. The van der Waals surface area contributed by atoms with Crippen LogP contribution in [-0.4, -0.2) is 67.7 Å². The van der Waals surface area contributed by atoms with Crippen molar-refractivity contribution in [1.82, 2.24) is 9.80 Å². The van der Waals surface area contributed by atoms with E-state index in [1.165, 1.54) is 35.4 Å². The number of likely N-dealkylation sites (tertiary alicyclic amines) is 1. The van der Waals surface area contributed by atoms with Crippen LogP contribution in [0.2, 0.25) is 0 Å². The Hall–Kier alpha value is -1.47. The third kappa shape index (κ3) is 6.28. The Morgan fingerprint density at radius 1 is 1.00 bits per heavy atom. The van der Waals surface area contributed by atoms with Crippen molar-refractivity contribution >= 4 is 24.0 Å². The zero-order chi connectivity index (χ0) is 21.1. The van der Waals surface area contributed by atoms with Crippen molar-refractivity contribution in [1.29, 1.82) is 0 Å². The smallest absolute Gasteiger partial charge is 0.369 e. The summed E-state index contributed by atoms with van der Waals surface area (Å²) in [6, 6.07) is 6.73. The number of carbonyl (C=O) groups is 1. The van der Waals surface area contributed by atoms with Crippen LogP contribution in [0.3, 0.4) is 0 Å². The predicted octanol–water partition coefficient (Wildman–Crippen LogP) is 4.30. The first-order chi connectivity index (χ1) is 14.4. The van der Waals surface area contributed by atoms with Gasteiger partial charge in [0.15, 0.2) is 0 Å². The second-order valence-electron chi connectivity index (χ2n) is 9.00. The number of piperazine rings is 1. The fourth-order valence-corrected chi connectivity index (χ4v) is 5.23. The third-order valence-corrected chi connectivity index (χ3v) is 7.01. The average molecular weight is 460 g/mol. The number of rotatable bonds is 5. The van der Waals surface area contributed by atoms with E-state index in [-0.39, 0.29) is 12.4 Å². The highest BCUT2D eigenvalue weighted by atomic mass is 35.5. The molecule has 174 valence electrons. The molecule has 1 amide bonds. The lowest BCUT2D eigenvalue weighted by Gasteiger charge is -2.38. The summed E-state index contributed by atoms with van der Waals surface area (Å²) in [5.41, 5.74) is 4.51. The molecule has 0 spiro atoms. The number of piperidine rings is 1. The summed E-state index contributed by atoms with van der Waals surface area (Å²) in [6.07, 6.45) is 0.663. The number of benzene rings is 1. The summed E-state index contributed by atoms with van der Waals surface area (Å²) >= 11 is 0. The van der Waals surface area contributed by atoms with E-state index in [1.54, 1.807) is 5.56 Å². The minimum absolute atomic E-state index is 0. The molecule has 0 aromatic heterocycles. The number of alkyl halides is 3. The van der Waals surface area contributed by atoms with E-state index >= 15 is 0 Å². The SMILES string of the molecule is Cl.O=C(CC(F)(F)F)N1CCC(CCN2CCN(c3cccc4c3CCC4)CC2)CC1. The number of nitrogens with zero attached hydrogens (tertiary/aromatic N) is 3. The van der Waals surface area contributed by atoms with E-state index in [1.807, 2.05) is 0 Å². The lowest BCUT2D eigenvalue weighted by Crippen LogP contribution is -2.47. The van der Waals surface area contributed by atoms with Gasteiger partial charge in [-0.1, -0.05) is 12.1 Å². The van der Waals surface area contributed by atoms with Crippen LogP contribution < -0.4 is 4.90 Å². The summed E-state index contributed by atoms with van der Waals surface area (Å²) in [5.74, 6) is -0.264. The molecule has 31 heavy (non-hydrogen) atoms. The van der Waals surface area contributed by atoms with E-state index in [9.17, 15) is 18.0 Å². The Morgan fingerprint density at radius 2 is 1.71 bits per heavy atom. The number of carbonyl (C=O) groups excluding carboxylic acids is 1. The summed E-state index contributed by atoms with van der Waals surface area (Å²) in [5, 5.41) is 0. The highest BCUT2D eigenvalue weighted by Crippen LogP contribution is 2.32. The normalized spacial score (nSPS) is 20.5. The third-order valence-electron chi connectivity index (χ3n) is 7.01. The highest BCUT2D eigenvalue weighted by Gasteiger charge is 2.34. The predicted molar refractivity (Wildman–Crippen MR) is 119 cm³/mol. The van der Waals surface area contributed by atoms with E-state index in [0.717, 1.165) is 52.0 Å². The van der Waals surface area contributed by atoms with Crippen LogP contribution in [0.15, 0.2) is 18.2 Å². The van der Waals surface area contributed by atoms with Gasteiger partial charge in [-0.25, -0.2) is 0 Å². The first-order valence-corrected chi connectivity index (χ1v) is 11.3. The van der Waals surface area contributed by atoms with Gasteiger partial charge in [-0.2, -0.15) is 13.2 Å². The van der Waals surface area contributed by atoms with Gasteiger partial charge >= 0.3 is 6.18 Å². The van der Waals surface area contributed by atoms with E-state index in [4.69, 9.17) is 0 Å². The molecule has 2 fully saturated rings. The van der Waals surface area contributed by atoms with Gasteiger partial charge < -0.3 is 9.80 Å². The number of aryl methyl sites for hydroxylation is 1. The van der Waals surface area contributed by atoms with Crippen LogP contribution in [0, 0.1) is 5.92 Å². The molecule has 2 aliphatic heterocycles. The second-order valence-corrected chi connectivity index (χ2v) is 9.00. The lowest BCUT2D eigenvalue weighted by molar-refractivity contribution is -0.162. The standard InChI is InChI=1S/C23H32F3N3O.ClH/c24-23(25,26)17-22(30)29-11-8-18(9-12-29)7-10-27-13-15-28(16-14-27)21-6-2-4-19-3-1-5-20(19)21;/h2,4,6,18H,1,3,5,7-17H2;1H. The molecule has 4 nitrogen and oxygen atoms in total. The van der Waals surface area contributed by atoms with E-state index in [2.05, 4.69) is 28.0 Å². The van der Waals surface area contributed by atoms with Gasteiger partial charge in [-0.05, 0) is 68.2 Å². The molecule has 0 atom stereocenters. The number of amides is 1. The number of hydrogen-bond donors (Lipinski definition) is 0. The molecular formula is C23H33ClF3N3O. The molecular weight excluding hydrogens is 427 g/mol. The molecule has 1 aromatic carbocycles. The number of halogens is 4. The molecule has 0 N–H and O–H groups in total. The molecule has 1 aliphatic carbocycles. The van der Waals surface area contributed by atoms with Crippen molar-refractivity contribution in [2.45, 2.75) is 51.1 Å². The summed E-state index contributed by atoms with van der Waals surface area (Å²) < 4.78 is 37.2. The van der Waals surface area contributed by atoms with Crippen molar-refractivity contribution in [2.24, 2.45) is 5.92 Å². The molecule has 1 aromatic rings. The van der Waals surface area contributed by atoms with Gasteiger partial charge in [0.1, 0.15) is 6.42 Å². The fourth-order valence-electron chi connectivity index (χ4n) is 5.23. The van der Waals surface area contributed by atoms with E-state index < -0.39 is 18.5 Å². The Bertz CT molecular complexity index is 742. The quantitative estimate of drug-likeness (QED) is 0.656. The van der Waals surface area contributed by atoms with Gasteiger partial charge in [0, 0.05) is 45.0 Å².